The molecule has 1 atom stereocenters. The first-order valence-corrected chi connectivity index (χ1v) is 2.83. The summed E-state index contributed by atoms with van der Waals surface area (Å²) in [5, 5.41) is 0. The average Bonchev–Trinajstić information content (AvgIpc) is 1.89. The zero-order chi connectivity index (χ0) is 7.98. The zero-order valence-corrected chi connectivity index (χ0v) is 5.60. The minimum absolute atomic E-state index is 0.602. The van der Waals surface area contributed by atoms with E-state index >= 15 is 0 Å². The third-order valence-electron chi connectivity index (χ3n) is 0.897. The van der Waals surface area contributed by atoms with Gasteiger partial charge in [-0.1, -0.05) is 12.7 Å². The van der Waals surface area contributed by atoms with E-state index in [4.69, 9.17) is 11.5 Å². The molecule has 0 aliphatic heterocycles. The molecule has 0 saturated heterocycles. The Bertz CT molecular complexity index is 142. The van der Waals surface area contributed by atoms with Gasteiger partial charge < -0.3 is 16.3 Å². The molecule has 0 aromatic carbocycles. The Morgan fingerprint density at radius 2 is 2.10 bits per heavy atom. The third kappa shape index (κ3) is 3.11. The number of carbonyl (C=O) groups excluding carboxylic acids is 1. The molecule has 0 aromatic heterocycles. The molecule has 0 spiro atoms. The minimum atomic E-state index is -0.728. The quantitative estimate of drug-likeness (QED) is 0.301. The average molecular weight is 141 g/mol. The molecule has 0 rings (SSSR count). The number of aliphatic imine (C=N–C) groups is 1. The van der Waals surface area contributed by atoms with Crippen LogP contribution in [0.2, 0.25) is 0 Å². The molecule has 0 saturated carbocycles. The fourth-order valence-corrected chi connectivity index (χ4v) is 0.385. The highest BCUT2D eigenvalue weighted by Gasteiger charge is 2.08. The lowest BCUT2D eigenvalue weighted by molar-refractivity contribution is -0.109. The maximum absolute atomic E-state index is 10.1. The van der Waals surface area contributed by atoms with E-state index < -0.39 is 12.2 Å². The maximum atomic E-state index is 10.1. The fraction of sp³-hybridized carbons (Fsp3) is 0.333. The van der Waals surface area contributed by atoms with Crippen LogP contribution in [0.4, 0.5) is 0 Å². The van der Waals surface area contributed by atoms with Crippen LogP contribution in [-0.2, 0) is 4.79 Å². The zero-order valence-electron chi connectivity index (χ0n) is 5.60. The summed E-state index contributed by atoms with van der Waals surface area (Å²) < 4.78 is 0. The molecule has 0 radical (unpaired) electrons. The van der Waals surface area contributed by atoms with Crippen molar-refractivity contribution in [2.45, 2.75) is 12.2 Å². The first-order chi connectivity index (χ1) is 4.72. The van der Waals surface area contributed by atoms with Crippen molar-refractivity contribution in [3.8, 4) is 0 Å². The number of hydrogen-bond donors (Lipinski definition) is 2. The van der Waals surface area contributed by atoms with Gasteiger partial charge in [-0.25, -0.2) is 0 Å². The second kappa shape index (κ2) is 4.84. The molecule has 0 aliphatic rings. The molecule has 4 heteroatoms. The summed E-state index contributed by atoms with van der Waals surface area (Å²) in [6, 6.07) is -0.655. The molecule has 10 heavy (non-hydrogen) atoms. The van der Waals surface area contributed by atoms with Crippen molar-refractivity contribution in [1.29, 1.82) is 0 Å². The van der Waals surface area contributed by atoms with Gasteiger partial charge in [0.15, 0.2) is 0 Å². The largest absolute Gasteiger partial charge is 0.314 e. The lowest BCUT2D eigenvalue weighted by Crippen LogP contribution is -2.42. The van der Waals surface area contributed by atoms with Crippen molar-refractivity contribution in [3.05, 3.63) is 12.7 Å². The van der Waals surface area contributed by atoms with E-state index in [1.54, 1.807) is 0 Å². The van der Waals surface area contributed by atoms with E-state index in [9.17, 15) is 4.79 Å². The molecule has 0 aliphatic carbocycles. The number of rotatable bonds is 4. The van der Waals surface area contributed by atoms with Crippen molar-refractivity contribution < 1.29 is 4.79 Å². The molecule has 4 N–H and O–H groups in total. The maximum Gasteiger partial charge on any atom is 0.147 e. The number of hydrogen-bond acceptors (Lipinski definition) is 4. The Morgan fingerprint density at radius 3 is 2.40 bits per heavy atom. The molecule has 0 amide bonds. The van der Waals surface area contributed by atoms with Crippen LogP contribution in [0.1, 0.15) is 0 Å². The second-order valence-electron chi connectivity index (χ2n) is 1.74. The molecule has 0 fully saturated rings. The van der Waals surface area contributed by atoms with E-state index in [-0.39, 0.29) is 0 Å². The molecular weight excluding hydrogens is 130 g/mol. The van der Waals surface area contributed by atoms with E-state index in [0.717, 1.165) is 0 Å². The highest BCUT2D eigenvalue weighted by atomic mass is 16.1. The molecule has 0 aromatic rings. The second-order valence-corrected chi connectivity index (χ2v) is 1.74. The van der Waals surface area contributed by atoms with Crippen molar-refractivity contribution in [1.82, 2.24) is 0 Å². The van der Waals surface area contributed by atoms with Crippen molar-refractivity contribution in [2.75, 3.05) is 0 Å². The summed E-state index contributed by atoms with van der Waals surface area (Å²) in [7, 11) is 0. The van der Waals surface area contributed by atoms with Crippen LogP contribution in [0.5, 0.6) is 0 Å². The van der Waals surface area contributed by atoms with Gasteiger partial charge in [-0.05, 0) is 0 Å². The smallest absolute Gasteiger partial charge is 0.147 e. The summed E-state index contributed by atoms with van der Waals surface area (Å²) in [5.41, 5.74) is 10.4. The van der Waals surface area contributed by atoms with E-state index in [1.165, 1.54) is 12.3 Å². The predicted molar refractivity (Wildman–Crippen MR) is 40.7 cm³/mol. The minimum Gasteiger partial charge on any atom is -0.314 e. The van der Waals surface area contributed by atoms with Gasteiger partial charge in [-0.3, -0.25) is 4.99 Å². The van der Waals surface area contributed by atoms with Gasteiger partial charge in [0.2, 0.25) is 0 Å². The number of allylic oxidation sites excluding steroid dienone is 1. The first-order valence-electron chi connectivity index (χ1n) is 2.83. The number of nitrogens with zero attached hydrogens (tertiary/aromatic N) is 1. The topological polar surface area (TPSA) is 81.5 Å². The predicted octanol–water partition coefficient (Wildman–Crippen LogP) is -0.946. The standard InChI is InChI=1S/C6H11N3O/c1-2-3-9-5(4-10)6(7)8/h2-6H,1,7-8H2. The SMILES string of the molecule is C=CC=NC(C=O)C(N)N. The summed E-state index contributed by atoms with van der Waals surface area (Å²) in [6.45, 7) is 3.38. The van der Waals surface area contributed by atoms with Gasteiger partial charge in [0.25, 0.3) is 0 Å². The van der Waals surface area contributed by atoms with E-state index in [1.807, 2.05) is 0 Å². The molecule has 4 nitrogen and oxygen atoms in total. The van der Waals surface area contributed by atoms with E-state index in [2.05, 4.69) is 11.6 Å². The van der Waals surface area contributed by atoms with Gasteiger partial charge in [0.05, 0.1) is 6.17 Å². The van der Waals surface area contributed by atoms with Crippen molar-refractivity contribution in [2.24, 2.45) is 16.5 Å². The van der Waals surface area contributed by atoms with Crippen LogP contribution in [0.3, 0.4) is 0 Å². The van der Waals surface area contributed by atoms with Gasteiger partial charge >= 0.3 is 0 Å². The monoisotopic (exact) mass is 141 g/mol. The summed E-state index contributed by atoms with van der Waals surface area (Å²) in [4.78, 5) is 13.8. The lowest BCUT2D eigenvalue weighted by atomic mass is 10.3. The number of aldehydes is 1. The molecule has 1 unspecified atom stereocenters. The Morgan fingerprint density at radius 1 is 1.50 bits per heavy atom. The van der Waals surface area contributed by atoms with Crippen LogP contribution < -0.4 is 11.5 Å². The normalized spacial score (nSPS) is 13.9. The first kappa shape index (κ1) is 9.00. The van der Waals surface area contributed by atoms with Crippen LogP contribution in [0.25, 0.3) is 0 Å². The Labute approximate surface area is 59.6 Å². The van der Waals surface area contributed by atoms with Crippen LogP contribution >= 0.6 is 0 Å². The molecule has 0 heterocycles. The van der Waals surface area contributed by atoms with Crippen molar-refractivity contribution >= 4 is 12.5 Å². The summed E-state index contributed by atoms with van der Waals surface area (Å²) in [5.74, 6) is 0. The molecule has 56 valence electrons. The Balaban J connectivity index is 3.94. The summed E-state index contributed by atoms with van der Waals surface area (Å²) >= 11 is 0. The lowest BCUT2D eigenvalue weighted by Gasteiger charge is -2.06. The highest BCUT2D eigenvalue weighted by molar-refractivity contribution is 5.73. The highest BCUT2D eigenvalue weighted by Crippen LogP contribution is 1.85. The van der Waals surface area contributed by atoms with Crippen molar-refractivity contribution in [3.63, 3.8) is 0 Å². The van der Waals surface area contributed by atoms with Crippen LogP contribution in [0.15, 0.2) is 17.6 Å². The molecule has 0 bridgehead atoms. The Hall–Kier alpha value is -1.00. The van der Waals surface area contributed by atoms with Gasteiger partial charge in [0, 0.05) is 6.21 Å². The van der Waals surface area contributed by atoms with Crippen LogP contribution in [0, 0.1) is 0 Å². The third-order valence-corrected chi connectivity index (χ3v) is 0.897. The Kier molecular flexibility index (Phi) is 4.36. The van der Waals surface area contributed by atoms with Gasteiger partial charge in [-0.2, -0.15) is 0 Å². The van der Waals surface area contributed by atoms with Crippen LogP contribution in [-0.4, -0.2) is 24.7 Å². The number of nitrogens with two attached hydrogens (primary N) is 2. The molecular formula is C6H11N3O. The number of carbonyl (C=O) groups is 1. The summed E-state index contributed by atoms with van der Waals surface area (Å²) in [6.07, 6.45) is 2.73. The van der Waals surface area contributed by atoms with Gasteiger partial charge in [0.1, 0.15) is 12.3 Å². The van der Waals surface area contributed by atoms with E-state index in [0.29, 0.717) is 6.29 Å². The van der Waals surface area contributed by atoms with Gasteiger partial charge in [-0.15, -0.1) is 0 Å². The fourth-order valence-electron chi connectivity index (χ4n) is 0.385.